The Balaban J connectivity index is 2.41. The van der Waals surface area contributed by atoms with Gasteiger partial charge in [0, 0.05) is 0 Å². The van der Waals surface area contributed by atoms with Crippen LogP contribution in [0.1, 0.15) is 5.56 Å². The van der Waals surface area contributed by atoms with Crippen LogP contribution in [0.4, 0.5) is 26.3 Å². The van der Waals surface area contributed by atoms with E-state index in [1.54, 1.807) is 0 Å². The standard InChI is InChI=1S/C16H8F6O2/c1-2-10-6-7-12(9-14(10)24-16(20,21)22)11-4-3-5-13(8-11)23-15(17,18)19/h1,3-9H. The van der Waals surface area contributed by atoms with Crippen molar-refractivity contribution in [3.05, 3.63) is 48.0 Å². The SMILES string of the molecule is C#Cc1ccc(-c2cccc(OC(F)(F)F)c2)cc1OC(F)(F)F. The molecule has 0 atom stereocenters. The Bertz CT molecular complexity index is 771. The van der Waals surface area contributed by atoms with Gasteiger partial charge in [-0.3, -0.25) is 0 Å². The molecule has 0 fully saturated rings. The molecule has 0 aliphatic rings. The van der Waals surface area contributed by atoms with E-state index in [9.17, 15) is 26.3 Å². The van der Waals surface area contributed by atoms with Gasteiger partial charge in [0.1, 0.15) is 11.5 Å². The third-order valence-electron chi connectivity index (χ3n) is 2.76. The number of hydrogen-bond acceptors (Lipinski definition) is 2. The highest BCUT2D eigenvalue weighted by atomic mass is 19.4. The van der Waals surface area contributed by atoms with Gasteiger partial charge in [-0.2, -0.15) is 0 Å². The summed E-state index contributed by atoms with van der Waals surface area (Å²) in [6.45, 7) is 0. The lowest BCUT2D eigenvalue weighted by Gasteiger charge is -2.13. The van der Waals surface area contributed by atoms with Crippen molar-refractivity contribution >= 4 is 0 Å². The van der Waals surface area contributed by atoms with Crippen LogP contribution in [0.3, 0.4) is 0 Å². The summed E-state index contributed by atoms with van der Waals surface area (Å²) < 4.78 is 81.5. The molecule has 2 rings (SSSR count). The first-order valence-electron chi connectivity index (χ1n) is 6.30. The normalized spacial score (nSPS) is 11.7. The summed E-state index contributed by atoms with van der Waals surface area (Å²) in [7, 11) is 0. The van der Waals surface area contributed by atoms with Crippen LogP contribution in [0.2, 0.25) is 0 Å². The zero-order valence-corrected chi connectivity index (χ0v) is 11.7. The summed E-state index contributed by atoms with van der Waals surface area (Å²) in [6.07, 6.45) is -4.72. The van der Waals surface area contributed by atoms with E-state index < -0.39 is 24.2 Å². The second-order valence-corrected chi connectivity index (χ2v) is 4.48. The fraction of sp³-hybridized carbons (Fsp3) is 0.125. The molecule has 0 heterocycles. The Hall–Kier alpha value is -2.82. The van der Waals surface area contributed by atoms with Crippen molar-refractivity contribution in [2.45, 2.75) is 12.7 Å². The smallest absolute Gasteiger partial charge is 0.406 e. The van der Waals surface area contributed by atoms with Gasteiger partial charge in [-0.25, -0.2) is 0 Å². The van der Waals surface area contributed by atoms with Crippen LogP contribution < -0.4 is 9.47 Å². The lowest BCUT2D eigenvalue weighted by Crippen LogP contribution is -2.18. The second-order valence-electron chi connectivity index (χ2n) is 4.48. The quantitative estimate of drug-likeness (QED) is 0.566. The van der Waals surface area contributed by atoms with Crippen molar-refractivity contribution in [3.63, 3.8) is 0 Å². The van der Waals surface area contributed by atoms with Crippen LogP contribution in [-0.2, 0) is 0 Å². The Kier molecular flexibility index (Phi) is 4.64. The molecule has 0 bridgehead atoms. The first-order chi connectivity index (χ1) is 11.1. The third-order valence-corrected chi connectivity index (χ3v) is 2.76. The summed E-state index contributed by atoms with van der Waals surface area (Å²) in [5, 5.41) is 0. The maximum Gasteiger partial charge on any atom is 0.573 e. The zero-order valence-electron chi connectivity index (χ0n) is 11.7. The number of ether oxygens (including phenoxy) is 2. The number of alkyl halides is 6. The van der Waals surface area contributed by atoms with Crippen molar-refractivity contribution in [3.8, 4) is 35.0 Å². The van der Waals surface area contributed by atoms with E-state index in [2.05, 4.69) is 9.47 Å². The van der Waals surface area contributed by atoms with E-state index in [0.29, 0.717) is 0 Å². The largest absolute Gasteiger partial charge is 0.573 e. The predicted molar refractivity (Wildman–Crippen MR) is 73.2 cm³/mol. The molecular formula is C16H8F6O2. The number of rotatable bonds is 3. The van der Waals surface area contributed by atoms with Crippen molar-refractivity contribution in [1.29, 1.82) is 0 Å². The summed E-state index contributed by atoms with van der Waals surface area (Å²) in [5.74, 6) is 0.920. The van der Waals surface area contributed by atoms with Crippen LogP contribution in [0, 0.1) is 12.3 Å². The van der Waals surface area contributed by atoms with Gasteiger partial charge in [-0.05, 0) is 35.4 Å². The van der Waals surface area contributed by atoms with E-state index in [1.165, 1.54) is 24.3 Å². The maximum atomic E-state index is 12.4. The van der Waals surface area contributed by atoms with Gasteiger partial charge >= 0.3 is 12.7 Å². The highest BCUT2D eigenvalue weighted by Gasteiger charge is 2.32. The van der Waals surface area contributed by atoms with Crippen molar-refractivity contribution < 1.29 is 35.8 Å². The van der Waals surface area contributed by atoms with Gasteiger partial charge in [-0.15, -0.1) is 32.8 Å². The van der Waals surface area contributed by atoms with E-state index >= 15 is 0 Å². The van der Waals surface area contributed by atoms with Crippen molar-refractivity contribution in [2.24, 2.45) is 0 Å². The van der Waals surface area contributed by atoms with Crippen LogP contribution in [-0.4, -0.2) is 12.7 Å². The number of terminal acetylenes is 1. The maximum absolute atomic E-state index is 12.4. The summed E-state index contributed by atoms with van der Waals surface area (Å²) in [5.41, 5.74) is 0.243. The lowest BCUT2D eigenvalue weighted by atomic mass is 10.0. The monoisotopic (exact) mass is 346 g/mol. The first kappa shape index (κ1) is 17.5. The lowest BCUT2D eigenvalue weighted by molar-refractivity contribution is -0.275. The van der Waals surface area contributed by atoms with Gasteiger partial charge in [0.15, 0.2) is 0 Å². The first-order valence-corrected chi connectivity index (χ1v) is 6.30. The molecule has 0 radical (unpaired) electrons. The minimum Gasteiger partial charge on any atom is -0.406 e. The van der Waals surface area contributed by atoms with Gasteiger partial charge < -0.3 is 9.47 Å². The highest BCUT2D eigenvalue weighted by molar-refractivity contribution is 5.68. The average molecular weight is 346 g/mol. The molecule has 2 aromatic rings. The molecule has 0 aliphatic carbocycles. The van der Waals surface area contributed by atoms with Crippen LogP contribution in [0.5, 0.6) is 11.5 Å². The van der Waals surface area contributed by atoms with Gasteiger partial charge in [-0.1, -0.05) is 24.1 Å². The van der Waals surface area contributed by atoms with E-state index in [-0.39, 0.29) is 16.7 Å². The van der Waals surface area contributed by atoms with E-state index in [0.717, 1.165) is 18.2 Å². The number of benzene rings is 2. The minimum absolute atomic E-state index is 0.140. The molecule has 24 heavy (non-hydrogen) atoms. The molecule has 0 N–H and O–H groups in total. The van der Waals surface area contributed by atoms with Gasteiger partial charge in [0.2, 0.25) is 0 Å². The fourth-order valence-corrected chi connectivity index (χ4v) is 1.90. The second kappa shape index (κ2) is 6.35. The molecule has 2 aromatic carbocycles. The summed E-state index contributed by atoms with van der Waals surface area (Å²) >= 11 is 0. The molecule has 126 valence electrons. The summed E-state index contributed by atoms with van der Waals surface area (Å²) in [4.78, 5) is 0. The average Bonchev–Trinajstić information content (AvgIpc) is 2.44. The molecule has 0 aromatic heterocycles. The fourth-order valence-electron chi connectivity index (χ4n) is 1.90. The van der Waals surface area contributed by atoms with Crippen LogP contribution in [0.15, 0.2) is 42.5 Å². The predicted octanol–water partition coefficient (Wildman–Crippen LogP) is 5.13. The van der Waals surface area contributed by atoms with E-state index in [1.807, 2.05) is 5.92 Å². The number of halogens is 6. The third kappa shape index (κ3) is 4.84. The molecular weight excluding hydrogens is 338 g/mol. The van der Waals surface area contributed by atoms with Crippen LogP contribution >= 0.6 is 0 Å². The Morgan fingerprint density at radius 2 is 1.42 bits per heavy atom. The van der Waals surface area contributed by atoms with Gasteiger partial charge in [0.25, 0.3) is 0 Å². The minimum atomic E-state index is -4.95. The molecule has 0 amide bonds. The molecule has 0 aliphatic heterocycles. The number of hydrogen-bond donors (Lipinski definition) is 0. The topological polar surface area (TPSA) is 18.5 Å². The van der Waals surface area contributed by atoms with Crippen molar-refractivity contribution in [2.75, 3.05) is 0 Å². The highest BCUT2D eigenvalue weighted by Crippen LogP contribution is 2.33. The Morgan fingerprint density at radius 3 is 2.00 bits per heavy atom. The molecule has 0 saturated heterocycles. The van der Waals surface area contributed by atoms with Gasteiger partial charge in [0.05, 0.1) is 5.56 Å². The molecule has 0 unspecified atom stereocenters. The zero-order chi connectivity index (χ0) is 18.0. The van der Waals surface area contributed by atoms with E-state index in [4.69, 9.17) is 6.42 Å². The molecule has 8 heteroatoms. The van der Waals surface area contributed by atoms with Crippen molar-refractivity contribution in [1.82, 2.24) is 0 Å². The Morgan fingerprint density at radius 1 is 0.792 bits per heavy atom. The molecule has 0 spiro atoms. The van der Waals surface area contributed by atoms with Crippen LogP contribution in [0.25, 0.3) is 11.1 Å². The molecule has 0 saturated carbocycles. The Labute approximate surface area is 132 Å². The molecule has 2 nitrogen and oxygen atoms in total. The summed E-state index contributed by atoms with van der Waals surface area (Å²) in [6, 6.07) is 8.35.